The molecule has 0 spiro atoms. The number of alkyl halides is 4. The van der Waals surface area contributed by atoms with E-state index in [1.54, 1.807) is 0 Å². The van der Waals surface area contributed by atoms with E-state index in [9.17, 15) is 13.2 Å². The number of rotatable bonds is 0. The van der Waals surface area contributed by atoms with Gasteiger partial charge < -0.3 is 0 Å². The minimum absolute atomic E-state index is 0.253. The third-order valence-electron chi connectivity index (χ3n) is 1.13. The summed E-state index contributed by atoms with van der Waals surface area (Å²) in [6.45, 7) is 0. The molecule has 0 aliphatic heterocycles. The predicted octanol–water partition coefficient (Wildman–Crippen LogP) is 2.33. The lowest BCUT2D eigenvalue weighted by atomic mass is 10.4. The molecule has 1 aliphatic rings. The highest BCUT2D eigenvalue weighted by molar-refractivity contribution is 9.09. The van der Waals surface area contributed by atoms with E-state index in [0.717, 1.165) is 0 Å². The smallest absolute Gasteiger partial charge is 0.171 e. The lowest BCUT2D eigenvalue weighted by Gasteiger charge is -2.00. The van der Waals surface area contributed by atoms with E-state index < -0.39 is 12.1 Å². The molecule has 8 heavy (non-hydrogen) atoms. The van der Waals surface area contributed by atoms with Gasteiger partial charge in [-0.05, 0) is 6.42 Å². The van der Waals surface area contributed by atoms with Crippen molar-refractivity contribution < 1.29 is 13.2 Å². The quantitative estimate of drug-likeness (QED) is 0.513. The van der Waals surface area contributed by atoms with E-state index in [4.69, 9.17) is 0 Å². The highest BCUT2D eigenvalue weighted by Crippen LogP contribution is 2.48. The summed E-state index contributed by atoms with van der Waals surface area (Å²) in [6.07, 6.45) is -3.71. The van der Waals surface area contributed by atoms with Crippen LogP contribution >= 0.6 is 15.9 Å². The zero-order valence-electron chi connectivity index (χ0n) is 3.87. The summed E-state index contributed by atoms with van der Waals surface area (Å²) in [7, 11) is 0. The van der Waals surface area contributed by atoms with Gasteiger partial charge >= 0.3 is 6.18 Å². The molecule has 0 amide bonds. The van der Waals surface area contributed by atoms with Crippen LogP contribution < -0.4 is 0 Å². The van der Waals surface area contributed by atoms with Crippen molar-refractivity contribution in [3.05, 3.63) is 0 Å². The van der Waals surface area contributed by atoms with Crippen LogP contribution in [-0.2, 0) is 0 Å². The Hall–Kier alpha value is 0.270. The van der Waals surface area contributed by atoms with Crippen LogP contribution in [0.3, 0.4) is 0 Å². The Morgan fingerprint density at radius 2 is 1.75 bits per heavy atom. The maximum absolute atomic E-state index is 11.5. The second kappa shape index (κ2) is 1.62. The average molecular weight is 189 g/mol. The minimum atomic E-state index is -3.96. The van der Waals surface area contributed by atoms with Crippen LogP contribution in [0.4, 0.5) is 13.2 Å². The molecule has 0 bridgehead atoms. The Labute approximate surface area is 53.2 Å². The molecule has 1 fully saturated rings. The summed E-state index contributed by atoms with van der Waals surface area (Å²) in [5.74, 6) is -1.07. The standard InChI is InChI=1S/C4H4BrF3/c5-3-1-2(3)4(6,7)8/h2-3H,1H2/t2-,3+/m1/s1. The van der Waals surface area contributed by atoms with Gasteiger partial charge in [-0.25, -0.2) is 0 Å². The van der Waals surface area contributed by atoms with Crippen LogP contribution in [0.1, 0.15) is 6.42 Å². The molecular formula is C4H4BrF3. The van der Waals surface area contributed by atoms with Crippen LogP contribution in [0.15, 0.2) is 0 Å². The zero-order valence-corrected chi connectivity index (χ0v) is 5.46. The van der Waals surface area contributed by atoms with Gasteiger partial charge in [0.15, 0.2) is 0 Å². The molecule has 2 atom stereocenters. The first-order valence-corrected chi connectivity index (χ1v) is 3.14. The normalized spacial score (nSPS) is 37.5. The molecule has 0 heterocycles. The third kappa shape index (κ3) is 1.16. The van der Waals surface area contributed by atoms with E-state index in [1.165, 1.54) is 0 Å². The first-order chi connectivity index (χ1) is 3.52. The molecule has 0 aromatic carbocycles. The zero-order chi connectivity index (χ0) is 6.36. The van der Waals surface area contributed by atoms with Gasteiger partial charge in [0.25, 0.3) is 0 Å². The molecule has 1 rings (SSSR count). The van der Waals surface area contributed by atoms with E-state index in [0.29, 0.717) is 0 Å². The van der Waals surface area contributed by atoms with Crippen molar-refractivity contribution in [2.75, 3.05) is 0 Å². The van der Waals surface area contributed by atoms with E-state index in [1.807, 2.05) is 0 Å². The summed E-state index contributed by atoms with van der Waals surface area (Å²) in [4.78, 5) is -0.303. The van der Waals surface area contributed by atoms with Gasteiger partial charge in [-0.2, -0.15) is 13.2 Å². The molecule has 0 saturated heterocycles. The van der Waals surface area contributed by atoms with E-state index in [-0.39, 0.29) is 11.2 Å². The van der Waals surface area contributed by atoms with Gasteiger partial charge in [0.1, 0.15) is 0 Å². The summed E-state index contributed by atoms with van der Waals surface area (Å²) >= 11 is 2.86. The molecular weight excluding hydrogens is 185 g/mol. The average Bonchev–Trinajstić information content (AvgIpc) is 2.13. The largest absolute Gasteiger partial charge is 0.392 e. The molecule has 0 N–H and O–H groups in total. The Kier molecular flexibility index (Phi) is 1.30. The molecule has 1 saturated carbocycles. The number of halogens is 4. The fraction of sp³-hybridized carbons (Fsp3) is 1.00. The Morgan fingerprint density at radius 1 is 1.38 bits per heavy atom. The van der Waals surface area contributed by atoms with Crippen LogP contribution in [0.2, 0.25) is 0 Å². The second-order valence-corrected chi connectivity index (χ2v) is 3.08. The summed E-state index contributed by atoms with van der Waals surface area (Å²) < 4.78 is 34.4. The molecule has 4 heteroatoms. The van der Waals surface area contributed by atoms with Crippen LogP contribution in [0.25, 0.3) is 0 Å². The first kappa shape index (κ1) is 6.39. The molecule has 0 radical (unpaired) electrons. The van der Waals surface area contributed by atoms with E-state index in [2.05, 4.69) is 15.9 Å². The van der Waals surface area contributed by atoms with Gasteiger partial charge in [-0.15, -0.1) is 0 Å². The third-order valence-corrected chi connectivity index (χ3v) is 2.14. The van der Waals surface area contributed by atoms with Crippen molar-refractivity contribution in [2.45, 2.75) is 17.4 Å². The summed E-state index contributed by atoms with van der Waals surface area (Å²) in [6, 6.07) is 0. The van der Waals surface area contributed by atoms with Crippen molar-refractivity contribution in [1.29, 1.82) is 0 Å². The lowest BCUT2D eigenvalue weighted by Crippen LogP contribution is -2.11. The van der Waals surface area contributed by atoms with Crippen molar-refractivity contribution in [2.24, 2.45) is 5.92 Å². The van der Waals surface area contributed by atoms with Crippen molar-refractivity contribution in [1.82, 2.24) is 0 Å². The van der Waals surface area contributed by atoms with Gasteiger partial charge in [0.2, 0.25) is 0 Å². The highest BCUT2D eigenvalue weighted by atomic mass is 79.9. The second-order valence-electron chi connectivity index (χ2n) is 1.90. The molecule has 48 valence electrons. The monoisotopic (exact) mass is 188 g/mol. The van der Waals surface area contributed by atoms with Gasteiger partial charge in [0, 0.05) is 4.83 Å². The molecule has 0 aromatic rings. The topological polar surface area (TPSA) is 0 Å². The summed E-state index contributed by atoms with van der Waals surface area (Å²) in [5.41, 5.74) is 0. The molecule has 0 unspecified atom stereocenters. The maximum Gasteiger partial charge on any atom is 0.392 e. The van der Waals surface area contributed by atoms with Gasteiger partial charge in [-0.3, -0.25) is 0 Å². The van der Waals surface area contributed by atoms with Crippen LogP contribution in [0, 0.1) is 5.92 Å². The number of hydrogen-bond donors (Lipinski definition) is 0. The lowest BCUT2D eigenvalue weighted by molar-refractivity contribution is -0.146. The maximum atomic E-state index is 11.5. The minimum Gasteiger partial charge on any atom is -0.171 e. The van der Waals surface area contributed by atoms with Crippen LogP contribution in [0.5, 0.6) is 0 Å². The fourth-order valence-electron chi connectivity index (χ4n) is 0.503. The van der Waals surface area contributed by atoms with Crippen molar-refractivity contribution in [3.8, 4) is 0 Å². The molecule has 0 nitrogen and oxygen atoms in total. The van der Waals surface area contributed by atoms with Crippen LogP contribution in [-0.4, -0.2) is 11.0 Å². The Bertz CT molecular complexity index is 97.9. The van der Waals surface area contributed by atoms with Gasteiger partial charge in [0.05, 0.1) is 5.92 Å². The van der Waals surface area contributed by atoms with Crippen molar-refractivity contribution >= 4 is 15.9 Å². The Morgan fingerprint density at radius 3 is 1.75 bits per heavy atom. The molecule has 0 aromatic heterocycles. The highest BCUT2D eigenvalue weighted by Gasteiger charge is 2.54. The Balaban J connectivity index is 2.39. The first-order valence-electron chi connectivity index (χ1n) is 2.22. The SMILES string of the molecule is FC(F)(F)[C@@H]1C[C@@H]1Br. The number of hydrogen-bond acceptors (Lipinski definition) is 0. The molecule has 1 aliphatic carbocycles. The predicted molar refractivity (Wildman–Crippen MR) is 26.9 cm³/mol. The summed E-state index contributed by atoms with van der Waals surface area (Å²) in [5, 5.41) is 0. The fourth-order valence-corrected chi connectivity index (χ4v) is 1.21. The van der Waals surface area contributed by atoms with Crippen molar-refractivity contribution in [3.63, 3.8) is 0 Å². The van der Waals surface area contributed by atoms with Gasteiger partial charge in [-0.1, -0.05) is 15.9 Å². The van der Waals surface area contributed by atoms with E-state index >= 15 is 0 Å².